The lowest BCUT2D eigenvalue weighted by molar-refractivity contribution is 0.0696. The van der Waals surface area contributed by atoms with Crippen molar-refractivity contribution in [3.05, 3.63) is 16.6 Å². The van der Waals surface area contributed by atoms with Crippen LogP contribution in [0.5, 0.6) is 0 Å². The van der Waals surface area contributed by atoms with Crippen molar-refractivity contribution in [1.29, 1.82) is 0 Å². The molecule has 0 aromatic carbocycles. The smallest absolute Gasteiger partial charge is 0.338 e. The maximum Gasteiger partial charge on any atom is 0.338 e. The zero-order chi connectivity index (χ0) is 11.6. The Bertz CT molecular complexity index is 461. The van der Waals surface area contributed by atoms with Crippen molar-refractivity contribution >= 4 is 27.3 Å². The molecule has 0 aliphatic heterocycles. The Hall–Kier alpha value is -0.950. The zero-order valence-electron chi connectivity index (χ0n) is 8.30. The first kappa shape index (κ1) is 12.1. The van der Waals surface area contributed by atoms with Gasteiger partial charge in [-0.15, -0.1) is 0 Å². The van der Waals surface area contributed by atoms with Gasteiger partial charge in [-0.3, -0.25) is 0 Å². The second-order valence-corrected chi connectivity index (χ2v) is 6.77. The van der Waals surface area contributed by atoms with Crippen molar-refractivity contribution in [1.82, 2.24) is 4.37 Å². The molecule has 0 fully saturated rings. The van der Waals surface area contributed by atoms with E-state index in [9.17, 15) is 13.2 Å². The van der Waals surface area contributed by atoms with Gasteiger partial charge in [0.05, 0.1) is 27.6 Å². The van der Waals surface area contributed by atoms with E-state index in [0.717, 1.165) is 11.5 Å². The SMILES string of the molecule is CC(C)S(=O)(=O)Cc1sncc1C(=O)O. The highest BCUT2D eigenvalue weighted by molar-refractivity contribution is 7.91. The Morgan fingerprint density at radius 2 is 2.20 bits per heavy atom. The number of aromatic nitrogens is 1. The van der Waals surface area contributed by atoms with E-state index >= 15 is 0 Å². The number of sulfone groups is 1. The molecule has 1 heterocycles. The number of carboxylic acids is 1. The molecule has 1 aromatic rings. The normalized spacial score (nSPS) is 11.9. The van der Waals surface area contributed by atoms with Crippen LogP contribution in [-0.4, -0.2) is 29.1 Å². The molecular weight excluding hydrogens is 238 g/mol. The van der Waals surface area contributed by atoms with Gasteiger partial charge in [-0.25, -0.2) is 13.2 Å². The zero-order valence-corrected chi connectivity index (χ0v) is 9.93. The van der Waals surface area contributed by atoms with Gasteiger partial charge in [0.15, 0.2) is 9.84 Å². The highest BCUT2D eigenvalue weighted by Crippen LogP contribution is 2.19. The minimum absolute atomic E-state index is 0.0239. The molecule has 1 N–H and O–H groups in total. The quantitative estimate of drug-likeness (QED) is 0.865. The van der Waals surface area contributed by atoms with E-state index in [1.165, 1.54) is 6.20 Å². The van der Waals surface area contributed by atoms with Crippen molar-refractivity contribution in [2.75, 3.05) is 0 Å². The Morgan fingerprint density at radius 1 is 1.60 bits per heavy atom. The average Bonchev–Trinajstić information content (AvgIpc) is 2.51. The van der Waals surface area contributed by atoms with Gasteiger partial charge < -0.3 is 5.11 Å². The standard InChI is InChI=1S/C8H11NO4S2/c1-5(2)15(12,13)4-7-6(8(10)11)3-9-14-7/h3,5H,4H2,1-2H3,(H,10,11). The van der Waals surface area contributed by atoms with Crippen LogP contribution in [0.2, 0.25) is 0 Å². The molecule has 0 unspecified atom stereocenters. The summed E-state index contributed by atoms with van der Waals surface area (Å²) >= 11 is 0.912. The van der Waals surface area contributed by atoms with Gasteiger partial charge in [-0.2, -0.15) is 4.37 Å². The first-order valence-electron chi connectivity index (χ1n) is 4.23. The number of hydrogen-bond donors (Lipinski definition) is 1. The van der Waals surface area contributed by atoms with Gasteiger partial charge in [-0.05, 0) is 25.4 Å². The minimum atomic E-state index is -3.27. The molecule has 0 amide bonds. The molecule has 0 atom stereocenters. The van der Waals surface area contributed by atoms with E-state index in [0.29, 0.717) is 0 Å². The van der Waals surface area contributed by atoms with Crippen LogP contribution < -0.4 is 0 Å². The third-order valence-corrected chi connectivity index (χ3v) is 5.03. The van der Waals surface area contributed by atoms with Gasteiger partial charge in [0.25, 0.3) is 0 Å². The number of hydrogen-bond acceptors (Lipinski definition) is 5. The first-order valence-corrected chi connectivity index (χ1v) is 6.72. The third-order valence-electron chi connectivity index (χ3n) is 1.93. The molecular formula is C8H11NO4S2. The lowest BCUT2D eigenvalue weighted by atomic mass is 10.3. The van der Waals surface area contributed by atoms with E-state index in [2.05, 4.69) is 4.37 Å². The van der Waals surface area contributed by atoms with Crippen LogP contribution in [-0.2, 0) is 15.6 Å². The molecule has 0 spiro atoms. The van der Waals surface area contributed by atoms with E-state index in [1.54, 1.807) is 13.8 Å². The summed E-state index contributed by atoms with van der Waals surface area (Å²) in [6, 6.07) is 0. The lowest BCUT2D eigenvalue weighted by Crippen LogP contribution is -2.16. The summed E-state index contributed by atoms with van der Waals surface area (Å²) in [5, 5.41) is 8.25. The van der Waals surface area contributed by atoms with E-state index < -0.39 is 21.1 Å². The van der Waals surface area contributed by atoms with Crippen molar-refractivity contribution < 1.29 is 18.3 Å². The molecule has 0 bridgehead atoms. The third kappa shape index (κ3) is 2.75. The maximum absolute atomic E-state index is 11.6. The highest BCUT2D eigenvalue weighted by atomic mass is 32.2. The Labute approximate surface area is 91.8 Å². The molecule has 0 saturated carbocycles. The molecule has 15 heavy (non-hydrogen) atoms. The number of rotatable bonds is 4. The van der Waals surface area contributed by atoms with Gasteiger partial charge in [-0.1, -0.05) is 0 Å². The predicted octanol–water partition coefficient (Wildman–Crippen LogP) is 1.16. The maximum atomic E-state index is 11.6. The molecule has 1 aromatic heterocycles. The second kappa shape index (κ2) is 4.28. The second-order valence-electron chi connectivity index (χ2n) is 3.32. The van der Waals surface area contributed by atoms with Gasteiger partial charge in [0.1, 0.15) is 0 Å². The van der Waals surface area contributed by atoms with Gasteiger partial charge in [0, 0.05) is 0 Å². The molecule has 1 rings (SSSR count). The number of aromatic carboxylic acids is 1. The molecule has 0 saturated heterocycles. The number of nitrogens with zero attached hydrogens (tertiary/aromatic N) is 1. The van der Waals surface area contributed by atoms with Crippen LogP contribution in [0.1, 0.15) is 29.1 Å². The highest BCUT2D eigenvalue weighted by Gasteiger charge is 2.22. The van der Waals surface area contributed by atoms with Crippen molar-refractivity contribution in [2.24, 2.45) is 0 Å². The molecule has 0 aliphatic rings. The Balaban J connectivity index is 3.01. The predicted molar refractivity (Wildman–Crippen MR) is 56.8 cm³/mol. The van der Waals surface area contributed by atoms with Crippen LogP contribution in [0.3, 0.4) is 0 Å². The minimum Gasteiger partial charge on any atom is -0.478 e. The van der Waals surface area contributed by atoms with Crippen LogP contribution in [0.15, 0.2) is 6.20 Å². The molecule has 7 heteroatoms. The fraction of sp³-hybridized carbons (Fsp3) is 0.500. The first-order chi connectivity index (χ1) is 6.84. The summed E-state index contributed by atoms with van der Waals surface area (Å²) in [7, 11) is -3.27. The largest absolute Gasteiger partial charge is 0.478 e. The van der Waals surface area contributed by atoms with E-state index in [4.69, 9.17) is 5.11 Å². The monoisotopic (exact) mass is 249 g/mol. The Morgan fingerprint density at radius 3 is 2.67 bits per heavy atom. The van der Waals surface area contributed by atoms with E-state index in [-0.39, 0.29) is 16.2 Å². The van der Waals surface area contributed by atoms with E-state index in [1.807, 2.05) is 0 Å². The van der Waals surface area contributed by atoms with Crippen LogP contribution in [0.25, 0.3) is 0 Å². The Kier molecular flexibility index (Phi) is 3.46. The summed E-state index contributed by atoms with van der Waals surface area (Å²) in [4.78, 5) is 11.0. The summed E-state index contributed by atoms with van der Waals surface area (Å²) in [5.74, 6) is -1.39. The molecule has 5 nitrogen and oxygen atoms in total. The lowest BCUT2D eigenvalue weighted by Gasteiger charge is -2.05. The summed E-state index contributed by atoms with van der Waals surface area (Å²) in [6.07, 6.45) is 1.18. The van der Waals surface area contributed by atoms with Crippen LogP contribution in [0, 0.1) is 0 Å². The van der Waals surface area contributed by atoms with Crippen LogP contribution >= 0.6 is 11.5 Å². The van der Waals surface area contributed by atoms with Crippen LogP contribution in [0.4, 0.5) is 0 Å². The fourth-order valence-corrected chi connectivity index (χ4v) is 2.97. The number of carbonyl (C=O) groups is 1. The summed E-state index contributed by atoms with van der Waals surface area (Å²) in [5.41, 5.74) is -0.0239. The number of carboxylic acid groups (broad SMARTS) is 1. The fourth-order valence-electron chi connectivity index (χ4n) is 0.892. The summed E-state index contributed by atoms with van der Waals surface area (Å²) in [6.45, 7) is 3.13. The van der Waals surface area contributed by atoms with Gasteiger partial charge >= 0.3 is 5.97 Å². The summed E-state index contributed by atoms with van der Waals surface area (Å²) < 4.78 is 26.8. The van der Waals surface area contributed by atoms with Crippen molar-refractivity contribution in [3.8, 4) is 0 Å². The van der Waals surface area contributed by atoms with Gasteiger partial charge in [0.2, 0.25) is 0 Å². The van der Waals surface area contributed by atoms with Crippen molar-refractivity contribution in [2.45, 2.75) is 24.9 Å². The molecule has 0 aliphatic carbocycles. The molecule has 84 valence electrons. The molecule has 0 radical (unpaired) electrons. The van der Waals surface area contributed by atoms with Crippen molar-refractivity contribution in [3.63, 3.8) is 0 Å². The topological polar surface area (TPSA) is 84.3 Å². The average molecular weight is 249 g/mol.